The van der Waals surface area contributed by atoms with E-state index in [1.54, 1.807) is 6.07 Å². The minimum atomic E-state index is -0.768. The molecule has 92 valence electrons. The number of carboxylic acids is 1. The number of aliphatic carboxylic acids is 1. The van der Waals surface area contributed by atoms with Crippen molar-refractivity contribution in [3.8, 4) is 0 Å². The lowest BCUT2D eigenvalue weighted by atomic mass is 9.80. The molecular formula is C13H14ClFO2. The van der Waals surface area contributed by atoms with Gasteiger partial charge in [-0.25, -0.2) is 4.39 Å². The Labute approximate surface area is 104 Å². The fourth-order valence-electron chi connectivity index (χ4n) is 2.55. The number of hydrogen-bond donors (Lipinski definition) is 1. The first-order chi connectivity index (χ1) is 8.03. The highest BCUT2D eigenvalue weighted by Gasteiger charge is 2.41. The molecule has 0 radical (unpaired) electrons. The van der Waals surface area contributed by atoms with E-state index < -0.39 is 17.2 Å². The summed E-state index contributed by atoms with van der Waals surface area (Å²) in [6.07, 6.45) is 3.61. The van der Waals surface area contributed by atoms with Crippen molar-refractivity contribution in [1.82, 2.24) is 0 Å². The van der Waals surface area contributed by atoms with E-state index in [-0.39, 0.29) is 0 Å². The smallest absolute Gasteiger partial charge is 0.309 e. The lowest BCUT2D eigenvalue weighted by Crippen LogP contribution is -2.30. The molecule has 0 amide bonds. The Morgan fingerprint density at radius 2 is 2.06 bits per heavy atom. The first kappa shape index (κ1) is 12.4. The summed E-state index contributed by atoms with van der Waals surface area (Å²) in [6, 6.07) is 4.15. The van der Waals surface area contributed by atoms with Gasteiger partial charge >= 0.3 is 5.97 Å². The van der Waals surface area contributed by atoms with Crippen molar-refractivity contribution >= 4 is 17.6 Å². The lowest BCUT2D eigenvalue weighted by Gasteiger charge is -2.24. The molecule has 0 bridgehead atoms. The molecule has 0 aliphatic heterocycles. The standard InChI is InChI=1S/C13H14ClFO2/c14-11-7-10(15)4-3-9(11)8-13(12(16)17)5-1-2-6-13/h3-4,7H,1-2,5-6,8H2,(H,16,17). The first-order valence-electron chi connectivity index (χ1n) is 5.71. The topological polar surface area (TPSA) is 37.3 Å². The van der Waals surface area contributed by atoms with Gasteiger partial charge in [-0.2, -0.15) is 0 Å². The van der Waals surface area contributed by atoms with Gasteiger partial charge in [0, 0.05) is 5.02 Å². The Bertz CT molecular complexity index is 439. The Balaban J connectivity index is 2.26. The predicted molar refractivity (Wildman–Crippen MR) is 63.7 cm³/mol. The molecule has 1 aromatic carbocycles. The van der Waals surface area contributed by atoms with Gasteiger partial charge in [0.1, 0.15) is 5.82 Å². The number of halogens is 2. The van der Waals surface area contributed by atoms with E-state index in [9.17, 15) is 14.3 Å². The van der Waals surface area contributed by atoms with Crippen molar-refractivity contribution < 1.29 is 14.3 Å². The van der Waals surface area contributed by atoms with Gasteiger partial charge in [-0.1, -0.05) is 30.5 Å². The van der Waals surface area contributed by atoms with E-state index in [1.807, 2.05) is 0 Å². The van der Waals surface area contributed by atoms with E-state index in [2.05, 4.69) is 0 Å². The van der Waals surface area contributed by atoms with Crippen LogP contribution in [0.4, 0.5) is 4.39 Å². The van der Waals surface area contributed by atoms with Crippen LogP contribution in [-0.2, 0) is 11.2 Å². The Hall–Kier alpha value is -1.09. The van der Waals surface area contributed by atoms with E-state index >= 15 is 0 Å². The molecule has 1 aliphatic carbocycles. The molecule has 0 saturated heterocycles. The summed E-state index contributed by atoms with van der Waals surface area (Å²) >= 11 is 5.94. The van der Waals surface area contributed by atoms with Crippen LogP contribution in [0.1, 0.15) is 31.2 Å². The number of carboxylic acid groups (broad SMARTS) is 1. The summed E-state index contributed by atoms with van der Waals surface area (Å²) < 4.78 is 12.9. The third-order valence-electron chi connectivity index (χ3n) is 3.56. The van der Waals surface area contributed by atoms with Gasteiger partial charge in [0.15, 0.2) is 0 Å². The minimum Gasteiger partial charge on any atom is -0.481 e. The quantitative estimate of drug-likeness (QED) is 0.896. The number of benzene rings is 1. The fraction of sp³-hybridized carbons (Fsp3) is 0.462. The highest BCUT2D eigenvalue weighted by Crippen LogP contribution is 2.42. The Kier molecular flexibility index (Phi) is 3.38. The third-order valence-corrected chi connectivity index (χ3v) is 3.91. The van der Waals surface area contributed by atoms with Gasteiger partial charge in [-0.15, -0.1) is 0 Å². The molecule has 1 aromatic rings. The van der Waals surface area contributed by atoms with Crippen LogP contribution in [0.5, 0.6) is 0 Å². The van der Waals surface area contributed by atoms with Crippen molar-refractivity contribution in [1.29, 1.82) is 0 Å². The van der Waals surface area contributed by atoms with Crippen LogP contribution in [0.3, 0.4) is 0 Å². The molecule has 17 heavy (non-hydrogen) atoms. The molecule has 2 rings (SSSR count). The highest BCUT2D eigenvalue weighted by atomic mass is 35.5. The summed E-state index contributed by atoms with van der Waals surface area (Å²) in [4.78, 5) is 11.4. The number of carbonyl (C=O) groups is 1. The molecular weight excluding hydrogens is 243 g/mol. The average molecular weight is 257 g/mol. The van der Waals surface area contributed by atoms with Crippen LogP contribution in [0.15, 0.2) is 18.2 Å². The summed E-state index contributed by atoms with van der Waals surface area (Å²) in [5, 5.41) is 9.67. The normalized spacial score (nSPS) is 18.2. The molecule has 1 aliphatic rings. The van der Waals surface area contributed by atoms with E-state index in [0.29, 0.717) is 24.3 Å². The predicted octanol–water partition coefficient (Wildman–Crippen LogP) is 3.67. The zero-order chi connectivity index (χ0) is 12.5. The van der Waals surface area contributed by atoms with Gasteiger partial charge in [-0.3, -0.25) is 4.79 Å². The third kappa shape index (κ3) is 2.44. The lowest BCUT2D eigenvalue weighted by molar-refractivity contribution is -0.148. The summed E-state index contributed by atoms with van der Waals surface area (Å²) in [5.74, 6) is -1.16. The molecule has 1 saturated carbocycles. The van der Waals surface area contributed by atoms with Crippen molar-refractivity contribution in [3.05, 3.63) is 34.6 Å². The van der Waals surface area contributed by atoms with Crippen LogP contribution in [0.2, 0.25) is 5.02 Å². The van der Waals surface area contributed by atoms with Crippen molar-refractivity contribution in [3.63, 3.8) is 0 Å². The van der Waals surface area contributed by atoms with Crippen molar-refractivity contribution in [2.45, 2.75) is 32.1 Å². The second-order valence-electron chi connectivity index (χ2n) is 4.71. The summed E-state index contributed by atoms with van der Waals surface area (Å²) in [7, 11) is 0. The summed E-state index contributed by atoms with van der Waals surface area (Å²) in [5.41, 5.74) is 0.0129. The largest absolute Gasteiger partial charge is 0.481 e. The van der Waals surface area contributed by atoms with Gasteiger partial charge < -0.3 is 5.11 Å². The number of hydrogen-bond acceptors (Lipinski definition) is 1. The molecule has 0 atom stereocenters. The first-order valence-corrected chi connectivity index (χ1v) is 6.09. The molecule has 0 spiro atoms. The molecule has 2 nitrogen and oxygen atoms in total. The van der Waals surface area contributed by atoms with Crippen LogP contribution < -0.4 is 0 Å². The van der Waals surface area contributed by atoms with Crippen LogP contribution in [0.25, 0.3) is 0 Å². The van der Waals surface area contributed by atoms with Crippen LogP contribution >= 0.6 is 11.6 Å². The van der Waals surface area contributed by atoms with Crippen molar-refractivity contribution in [2.75, 3.05) is 0 Å². The van der Waals surface area contributed by atoms with Gasteiger partial charge in [-0.05, 0) is 37.0 Å². The maximum Gasteiger partial charge on any atom is 0.309 e. The number of rotatable bonds is 3. The van der Waals surface area contributed by atoms with Crippen molar-refractivity contribution in [2.24, 2.45) is 5.41 Å². The molecule has 1 N–H and O–H groups in total. The SMILES string of the molecule is O=C(O)C1(Cc2ccc(F)cc2Cl)CCCC1. The highest BCUT2D eigenvalue weighted by molar-refractivity contribution is 6.31. The van der Waals surface area contributed by atoms with E-state index in [4.69, 9.17) is 11.6 Å². The monoisotopic (exact) mass is 256 g/mol. The van der Waals surface area contributed by atoms with E-state index in [1.165, 1.54) is 12.1 Å². The van der Waals surface area contributed by atoms with Crippen LogP contribution in [0, 0.1) is 11.2 Å². The van der Waals surface area contributed by atoms with Gasteiger partial charge in [0.2, 0.25) is 0 Å². The maximum atomic E-state index is 12.9. The molecule has 0 aromatic heterocycles. The molecule has 1 fully saturated rings. The second kappa shape index (κ2) is 4.65. The van der Waals surface area contributed by atoms with Gasteiger partial charge in [0.25, 0.3) is 0 Å². The van der Waals surface area contributed by atoms with E-state index in [0.717, 1.165) is 18.4 Å². The molecule has 0 heterocycles. The molecule has 4 heteroatoms. The Morgan fingerprint density at radius 3 is 2.59 bits per heavy atom. The zero-order valence-electron chi connectivity index (χ0n) is 9.38. The summed E-state index contributed by atoms with van der Waals surface area (Å²) in [6.45, 7) is 0. The zero-order valence-corrected chi connectivity index (χ0v) is 10.1. The fourth-order valence-corrected chi connectivity index (χ4v) is 2.78. The van der Waals surface area contributed by atoms with Gasteiger partial charge in [0.05, 0.1) is 5.41 Å². The minimum absolute atomic E-state index is 0.317. The second-order valence-corrected chi connectivity index (χ2v) is 5.11. The Morgan fingerprint density at radius 1 is 1.41 bits per heavy atom. The van der Waals surface area contributed by atoms with Crippen LogP contribution in [-0.4, -0.2) is 11.1 Å². The molecule has 0 unspecified atom stereocenters. The average Bonchev–Trinajstić information content (AvgIpc) is 2.72. The maximum absolute atomic E-state index is 12.9.